The van der Waals surface area contributed by atoms with Crippen molar-refractivity contribution in [1.82, 2.24) is 25.3 Å². The van der Waals surface area contributed by atoms with Gasteiger partial charge in [0.2, 0.25) is 0 Å². The summed E-state index contributed by atoms with van der Waals surface area (Å²) < 4.78 is 30.2. The van der Waals surface area contributed by atoms with E-state index in [9.17, 15) is 13.6 Å². The van der Waals surface area contributed by atoms with Crippen LogP contribution >= 0.6 is 0 Å². The highest BCUT2D eigenvalue weighted by Gasteiger charge is 2.78. The summed E-state index contributed by atoms with van der Waals surface area (Å²) >= 11 is 0. The zero-order chi connectivity index (χ0) is 22.1. The second kappa shape index (κ2) is 6.71. The lowest BCUT2D eigenvalue weighted by Gasteiger charge is -2.35. The first-order chi connectivity index (χ1) is 15.4. The number of nitrogens with zero attached hydrogens (tertiary/aromatic N) is 3. The summed E-state index contributed by atoms with van der Waals surface area (Å²) in [4.78, 5) is 12.9. The largest absolute Gasteiger partial charge is 0.318 e. The molecule has 0 bridgehead atoms. The smallest absolute Gasteiger partial charge is 0.276 e. The highest BCUT2D eigenvalue weighted by molar-refractivity contribution is 6.04. The van der Waals surface area contributed by atoms with Crippen molar-refractivity contribution in [3.05, 3.63) is 65.2 Å². The van der Waals surface area contributed by atoms with Crippen molar-refractivity contribution in [1.29, 1.82) is 0 Å². The molecule has 2 aromatic heterocycles. The van der Waals surface area contributed by atoms with Crippen molar-refractivity contribution in [2.45, 2.75) is 31.7 Å². The van der Waals surface area contributed by atoms with Gasteiger partial charge in [0.1, 0.15) is 0 Å². The lowest BCUT2D eigenvalue weighted by atomic mass is 9.87. The molecule has 9 heteroatoms. The van der Waals surface area contributed by atoms with E-state index < -0.39 is 23.2 Å². The molecule has 3 heterocycles. The van der Waals surface area contributed by atoms with Crippen LogP contribution < -0.4 is 10.6 Å². The Kier molecular flexibility index (Phi) is 4.11. The standard InChI is InChI=1S/C23H24F2N6O/c1-22-8-17-16(7-18(22)23(22,24)25)19(30-29-17)21(32)28-15-11-27-31(12-15)20(14-9-26-10-14)13-5-3-2-4-6-13/h2-6,11-12,14,18,20,26H,7-10H2,1H3,(H,28,32)(H,29,30)/t18-,20?,22+/m0/s1. The van der Waals surface area contributed by atoms with E-state index in [1.54, 1.807) is 13.1 Å². The van der Waals surface area contributed by atoms with Gasteiger partial charge in [-0.2, -0.15) is 10.2 Å². The predicted molar refractivity (Wildman–Crippen MR) is 114 cm³/mol. The van der Waals surface area contributed by atoms with Crippen LogP contribution in [0.15, 0.2) is 42.7 Å². The predicted octanol–water partition coefficient (Wildman–Crippen LogP) is 3.04. The Hall–Kier alpha value is -3.07. The maximum atomic E-state index is 14.2. The number of alkyl halides is 2. The molecule has 32 heavy (non-hydrogen) atoms. The molecule has 1 aliphatic heterocycles. The average molecular weight is 438 g/mol. The maximum absolute atomic E-state index is 14.2. The molecule has 0 spiro atoms. The highest BCUT2D eigenvalue weighted by atomic mass is 19.3. The molecule has 3 aliphatic rings. The van der Waals surface area contributed by atoms with Gasteiger partial charge in [-0.3, -0.25) is 14.6 Å². The average Bonchev–Trinajstić information content (AvgIpc) is 3.17. The summed E-state index contributed by atoms with van der Waals surface area (Å²) in [5, 5.41) is 17.6. The number of rotatable bonds is 5. The number of amides is 1. The van der Waals surface area contributed by atoms with Crippen molar-refractivity contribution in [3.63, 3.8) is 0 Å². The molecule has 3 N–H and O–H groups in total. The molecule has 3 atom stereocenters. The SMILES string of the molecule is C[C@@]12Cc3[nH]nc(C(=O)Nc4cnn(C(c5ccccc5)C5CNC5)c4)c3C[C@@H]1C2(F)F. The van der Waals surface area contributed by atoms with Gasteiger partial charge in [0, 0.05) is 54.2 Å². The second-order valence-electron chi connectivity index (χ2n) is 9.44. The summed E-state index contributed by atoms with van der Waals surface area (Å²) in [6.45, 7) is 3.42. The Morgan fingerprint density at radius 2 is 2.06 bits per heavy atom. The number of hydrogen-bond donors (Lipinski definition) is 3. The van der Waals surface area contributed by atoms with E-state index in [1.165, 1.54) is 0 Å². The van der Waals surface area contributed by atoms with Crippen molar-refractivity contribution in [2.24, 2.45) is 17.3 Å². The Morgan fingerprint density at radius 3 is 2.78 bits per heavy atom. The Labute approximate surface area is 183 Å². The number of benzene rings is 1. The maximum Gasteiger partial charge on any atom is 0.276 e. The summed E-state index contributed by atoms with van der Waals surface area (Å²) in [6.07, 6.45) is 3.82. The fraction of sp³-hybridized carbons (Fsp3) is 0.435. The molecule has 2 fully saturated rings. The molecule has 2 aliphatic carbocycles. The molecule has 1 aromatic carbocycles. The van der Waals surface area contributed by atoms with Gasteiger partial charge in [-0.15, -0.1) is 0 Å². The number of anilines is 1. The van der Waals surface area contributed by atoms with Crippen LogP contribution in [0.4, 0.5) is 14.5 Å². The van der Waals surface area contributed by atoms with Crippen LogP contribution in [0.1, 0.15) is 40.3 Å². The molecule has 3 aromatic rings. The fourth-order valence-corrected chi connectivity index (χ4v) is 5.37. The first-order valence-corrected chi connectivity index (χ1v) is 10.9. The molecule has 1 amide bonds. The number of hydrogen-bond acceptors (Lipinski definition) is 4. The van der Waals surface area contributed by atoms with E-state index >= 15 is 0 Å². The number of H-pyrrole nitrogens is 1. The molecular weight excluding hydrogens is 414 g/mol. The third-order valence-corrected chi connectivity index (χ3v) is 7.55. The van der Waals surface area contributed by atoms with Gasteiger partial charge in [0.25, 0.3) is 11.8 Å². The van der Waals surface area contributed by atoms with Gasteiger partial charge < -0.3 is 10.6 Å². The number of aromatic amines is 1. The van der Waals surface area contributed by atoms with E-state index in [4.69, 9.17) is 0 Å². The lowest BCUT2D eigenvalue weighted by molar-refractivity contribution is 0.0631. The van der Waals surface area contributed by atoms with Crippen molar-refractivity contribution in [3.8, 4) is 0 Å². The van der Waals surface area contributed by atoms with Gasteiger partial charge in [-0.1, -0.05) is 37.3 Å². The van der Waals surface area contributed by atoms with Crippen LogP contribution in [0.3, 0.4) is 0 Å². The molecule has 166 valence electrons. The second-order valence-corrected chi connectivity index (χ2v) is 9.44. The van der Waals surface area contributed by atoms with E-state index in [-0.39, 0.29) is 24.6 Å². The number of fused-ring (bicyclic) bond motifs is 2. The zero-order valence-corrected chi connectivity index (χ0v) is 17.6. The number of carbonyl (C=O) groups excluding carboxylic acids is 1. The first-order valence-electron chi connectivity index (χ1n) is 10.9. The van der Waals surface area contributed by atoms with Gasteiger partial charge in [-0.25, -0.2) is 8.78 Å². The molecule has 7 nitrogen and oxygen atoms in total. The van der Waals surface area contributed by atoms with Crippen molar-refractivity contribution >= 4 is 11.6 Å². The van der Waals surface area contributed by atoms with Gasteiger partial charge >= 0.3 is 0 Å². The van der Waals surface area contributed by atoms with Gasteiger partial charge in [0.15, 0.2) is 5.69 Å². The summed E-state index contributed by atoms with van der Waals surface area (Å²) in [5.74, 6) is -3.41. The van der Waals surface area contributed by atoms with Crippen molar-refractivity contribution in [2.75, 3.05) is 18.4 Å². The Bertz CT molecular complexity index is 1180. The third-order valence-electron chi connectivity index (χ3n) is 7.55. The molecule has 1 saturated heterocycles. The number of halogens is 2. The van der Waals surface area contributed by atoms with Crippen LogP contribution in [0.2, 0.25) is 0 Å². The Morgan fingerprint density at radius 1 is 1.28 bits per heavy atom. The summed E-state index contributed by atoms with van der Waals surface area (Å²) in [6, 6.07) is 10.2. The van der Waals surface area contributed by atoms with Crippen LogP contribution in [-0.4, -0.2) is 44.9 Å². The molecular formula is C23H24F2N6O. The molecule has 1 unspecified atom stereocenters. The minimum Gasteiger partial charge on any atom is -0.318 e. The number of carbonyl (C=O) groups is 1. The zero-order valence-electron chi connectivity index (χ0n) is 17.6. The normalized spacial score (nSPS) is 26.5. The van der Waals surface area contributed by atoms with Gasteiger partial charge in [0.05, 0.1) is 17.9 Å². The van der Waals surface area contributed by atoms with E-state index in [0.717, 1.165) is 18.7 Å². The van der Waals surface area contributed by atoms with E-state index in [0.29, 0.717) is 22.9 Å². The van der Waals surface area contributed by atoms with Gasteiger partial charge in [-0.05, 0) is 12.0 Å². The van der Waals surface area contributed by atoms with Crippen molar-refractivity contribution < 1.29 is 13.6 Å². The van der Waals surface area contributed by atoms with Crippen LogP contribution in [-0.2, 0) is 12.8 Å². The fourth-order valence-electron chi connectivity index (χ4n) is 5.37. The van der Waals surface area contributed by atoms with Crippen LogP contribution in [0.25, 0.3) is 0 Å². The van der Waals surface area contributed by atoms with E-state index in [1.807, 2.05) is 29.1 Å². The van der Waals surface area contributed by atoms with E-state index in [2.05, 4.69) is 38.1 Å². The first kappa shape index (κ1) is 19.6. The number of aromatic nitrogens is 4. The summed E-state index contributed by atoms with van der Waals surface area (Å²) in [5.41, 5.74) is 2.14. The monoisotopic (exact) mass is 438 g/mol. The minimum atomic E-state index is -2.69. The third kappa shape index (κ3) is 2.76. The highest BCUT2D eigenvalue weighted by Crippen LogP contribution is 2.70. The molecule has 6 rings (SSSR count). The van der Waals surface area contributed by atoms with Crippen LogP contribution in [0.5, 0.6) is 0 Å². The Balaban J connectivity index is 1.22. The molecule has 1 saturated carbocycles. The quantitative estimate of drug-likeness (QED) is 0.572. The number of nitrogens with one attached hydrogen (secondary N) is 3. The topological polar surface area (TPSA) is 87.6 Å². The molecule has 0 radical (unpaired) electrons. The minimum absolute atomic E-state index is 0.0658. The summed E-state index contributed by atoms with van der Waals surface area (Å²) in [7, 11) is 0. The van der Waals surface area contributed by atoms with Crippen LogP contribution in [0, 0.1) is 17.3 Å². The lowest BCUT2D eigenvalue weighted by Crippen LogP contribution is -2.47.